The van der Waals surface area contributed by atoms with Gasteiger partial charge in [-0.1, -0.05) is 11.6 Å². The van der Waals surface area contributed by atoms with Gasteiger partial charge in [0, 0.05) is 17.6 Å². The summed E-state index contributed by atoms with van der Waals surface area (Å²) in [6.07, 6.45) is 6.16. The molecule has 2 rings (SSSR count). The molecule has 0 saturated heterocycles. The van der Waals surface area contributed by atoms with Gasteiger partial charge in [-0.25, -0.2) is 0 Å². The van der Waals surface area contributed by atoms with Gasteiger partial charge in [-0.15, -0.1) is 0 Å². The van der Waals surface area contributed by atoms with E-state index in [4.69, 9.17) is 17.3 Å². The molecule has 1 fully saturated rings. The van der Waals surface area contributed by atoms with Gasteiger partial charge < -0.3 is 5.73 Å². The Morgan fingerprint density at radius 3 is 2.86 bits per heavy atom. The molecule has 1 aliphatic rings. The van der Waals surface area contributed by atoms with Crippen LogP contribution in [0.2, 0.25) is 5.15 Å². The second kappa shape index (κ2) is 3.55. The van der Waals surface area contributed by atoms with Gasteiger partial charge in [-0.3, -0.25) is 4.68 Å². The van der Waals surface area contributed by atoms with Crippen LogP contribution in [0.15, 0.2) is 6.20 Å². The van der Waals surface area contributed by atoms with Crippen molar-refractivity contribution in [1.29, 1.82) is 0 Å². The van der Waals surface area contributed by atoms with Crippen LogP contribution in [0.25, 0.3) is 0 Å². The smallest absolute Gasteiger partial charge is 0.130 e. The lowest BCUT2D eigenvalue weighted by atomic mass is 10.1. The summed E-state index contributed by atoms with van der Waals surface area (Å²) in [6, 6.07) is 0. The summed E-state index contributed by atoms with van der Waals surface area (Å²) in [7, 11) is 0. The number of aromatic nitrogens is 2. The van der Waals surface area contributed by atoms with Crippen molar-refractivity contribution in [1.82, 2.24) is 9.78 Å². The molecule has 3 nitrogen and oxygen atoms in total. The Balaban J connectivity index is 1.98. The minimum Gasteiger partial charge on any atom is -0.325 e. The molecule has 0 atom stereocenters. The maximum absolute atomic E-state index is 6.13. The van der Waals surface area contributed by atoms with Crippen LogP contribution in [0.4, 0.5) is 0 Å². The van der Waals surface area contributed by atoms with Crippen LogP contribution in [-0.2, 0) is 13.0 Å². The molecular formula is C10H16ClN3. The van der Waals surface area contributed by atoms with Gasteiger partial charge in [0.2, 0.25) is 0 Å². The Morgan fingerprint density at radius 2 is 2.36 bits per heavy atom. The molecule has 0 amide bonds. The summed E-state index contributed by atoms with van der Waals surface area (Å²) in [5.41, 5.74) is 7.25. The van der Waals surface area contributed by atoms with E-state index in [-0.39, 0.29) is 5.54 Å². The van der Waals surface area contributed by atoms with Gasteiger partial charge in [0.05, 0.1) is 6.20 Å². The van der Waals surface area contributed by atoms with Crippen molar-refractivity contribution >= 4 is 11.6 Å². The third kappa shape index (κ3) is 1.93. The lowest BCUT2D eigenvalue weighted by Gasteiger charge is -2.06. The summed E-state index contributed by atoms with van der Waals surface area (Å²) in [6.45, 7) is 2.86. The second-order valence-electron chi connectivity index (χ2n) is 4.14. The first-order valence-electron chi connectivity index (χ1n) is 5.14. The van der Waals surface area contributed by atoms with Crippen LogP contribution < -0.4 is 5.73 Å². The molecule has 1 saturated carbocycles. The number of halogens is 1. The fraction of sp³-hybridized carbons (Fsp3) is 0.700. The first kappa shape index (κ1) is 9.99. The first-order valence-corrected chi connectivity index (χ1v) is 5.51. The molecule has 0 radical (unpaired) electrons. The number of aryl methyl sites for hydroxylation is 2. The molecule has 1 aliphatic carbocycles. The minimum absolute atomic E-state index is 0.109. The van der Waals surface area contributed by atoms with Crippen molar-refractivity contribution in [3.63, 3.8) is 0 Å². The molecule has 0 spiro atoms. The monoisotopic (exact) mass is 213 g/mol. The van der Waals surface area contributed by atoms with Crippen LogP contribution >= 0.6 is 11.6 Å². The maximum Gasteiger partial charge on any atom is 0.130 e. The fourth-order valence-electron chi connectivity index (χ4n) is 1.59. The summed E-state index contributed by atoms with van der Waals surface area (Å²) in [5, 5.41) is 4.97. The maximum atomic E-state index is 6.13. The van der Waals surface area contributed by atoms with Crippen LogP contribution in [0.1, 0.15) is 31.7 Å². The van der Waals surface area contributed by atoms with E-state index in [1.807, 2.05) is 17.8 Å². The zero-order valence-electron chi connectivity index (χ0n) is 8.46. The number of hydrogen-bond donors (Lipinski definition) is 1. The van der Waals surface area contributed by atoms with Crippen LogP contribution in [0, 0.1) is 0 Å². The topological polar surface area (TPSA) is 43.8 Å². The lowest BCUT2D eigenvalue weighted by Crippen LogP contribution is -2.22. The largest absolute Gasteiger partial charge is 0.325 e. The Bertz CT molecular complexity index is 328. The van der Waals surface area contributed by atoms with Crippen LogP contribution in [-0.4, -0.2) is 15.3 Å². The van der Waals surface area contributed by atoms with Crippen molar-refractivity contribution in [2.75, 3.05) is 0 Å². The predicted molar refractivity (Wildman–Crippen MR) is 57.4 cm³/mol. The van der Waals surface area contributed by atoms with Gasteiger partial charge in [0.15, 0.2) is 0 Å². The van der Waals surface area contributed by atoms with E-state index in [9.17, 15) is 0 Å². The third-order valence-corrected chi connectivity index (χ3v) is 3.37. The molecule has 14 heavy (non-hydrogen) atoms. The highest BCUT2D eigenvalue weighted by Gasteiger charge is 2.37. The van der Waals surface area contributed by atoms with Crippen molar-refractivity contribution in [2.24, 2.45) is 5.73 Å². The van der Waals surface area contributed by atoms with Gasteiger partial charge in [-0.2, -0.15) is 5.10 Å². The highest BCUT2D eigenvalue weighted by atomic mass is 35.5. The van der Waals surface area contributed by atoms with E-state index in [1.165, 1.54) is 0 Å². The van der Waals surface area contributed by atoms with Crippen molar-refractivity contribution < 1.29 is 0 Å². The fourth-order valence-corrected chi connectivity index (χ4v) is 1.90. The number of nitrogens with two attached hydrogens (primary N) is 1. The van der Waals surface area contributed by atoms with E-state index in [2.05, 4.69) is 5.10 Å². The molecule has 2 N–H and O–H groups in total. The Labute approximate surface area is 89.2 Å². The van der Waals surface area contributed by atoms with Crippen molar-refractivity contribution in [2.45, 2.75) is 44.7 Å². The molecule has 0 aromatic carbocycles. The van der Waals surface area contributed by atoms with Gasteiger partial charge in [-0.05, 0) is 32.6 Å². The third-order valence-electron chi connectivity index (χ3n) is 2.93. The number of rotatable bonds is 4. The van der Waals surface area contributed by atoms with Crippen molar-refractivity contribution in [3.8, 4) is 0 Å². The van der Waals surface area contributed by atoms with E-state index in [1.54, 1.807) is 0 Å². The van der Waals surface area contributed by atoms with Gasteiger partial charge >= 0.3 is 0 Å². The lowest BCUT2D eigenvalue weighted by molar-refractivity contribution is 0.608. The molecule has 78 valence electrons. The highest BCUT2D eigenvalue weighted by molar-refractivity contribution is 6.30. The average Bonchev–Trinajstić information content (AvgIpc) is 2.79. The summed E-state index contributed by atoms with van der Waals surface area (Å²) in [5.74, 6) is 0. The summed E-state index contributed by atoms with van der Waals surface area (Å²) in [4.78, 5) is 0. The molecule has 0 bridgehead atoms. The van der Waals surface area contributed by atoms with E-state index < -0.39 is 0 Å². The van der Waals surface area contributed by atoms with Gasteiger partial charge in [0.1, 0.15) is 5.15 Å². The highest BCUT2D eigenvalue weighted by Crippen LogP contribution is 2.37. The zero-order valence-corrected chi connectivity index (χ0v) is 9.22. The van der Waals surface area contributed by atoms with E-state index >= 15 is 0 Å². The van der Waals surface area contributed by atoms with Crippen molar-refractivity contribution in [3.05, 3.63) is 16.9 Å². The Morgan fingerprint density at radius 1 is 1.64 bits per heavy atom. The Kier molecular flexibility index (Phi) is 2.54. The molecule has 0 aliphatic heterocycles. The average molecular weight is 214 g/mol. The zero-order chi connectivity index (χ0) is 10.2. The first-order chi connectivity index (χ1) is 6.64. The van der Waals surface area contributed by atoms with E-state index in [0.29, 0.717) is 0 Å². The van der Waals surface area contributed by atoms with Crippen LogP contribution in [0.5, 0.6) is 0 Å². The van der Waals surface area contributed by atoms with E-state index in [0.717, 1.165) is 42.9 Å². The quantitative estimate of drug-likeness (QED) is 0.831. The minimum atomic E-state index is 0.109. The molecule has 1 heterocycles. The molecule has 0 unspecified atom stereocenters. The normalized spacial score (nSPS) is 18.5. The SMILES string of the molecule is CCn1ncc(CCC2(N)CC2)c1Cl. The molecule has 1 aromatic rings. The summed E-state index contributed by atoms with van der Waals surface area (Å²) >= 11 is 6.13. The van der Waals surface area contributed by atoms with Crippen LogP contribution in [0.3, 0.4) is 0 Å². The van der Waals surface area contributed by atoms with Gasteiger partial charge in [0.25, 0.3) is 0 Å². The Hall–Kier alpha value is -0.540. The number of hydrogen-bond acceptors (Lipinski definition) is 2. The second-order valence-corrected chi connectivity index (χ2v) is 4.50. The molecule has 1 aromatic heterocycles. The predicted octanol–water partition coefficient (Wildman–Crippen LogP) is 1.98. The summed E-state index contributed by atoms with van der Waals surface area (Å²) < 4.78 is 1.81. The molecule has 4 heteroatoms. The standard InChI is InChI=1S/C10H16ClN3/c1-2-14-9(11)8(7-13-14)3-4-10(12)5-6-10/h7H,2-6,12H2,1H3. The molecular weight excluding hydrogens is 198 g/mol. The number of nitrogens with zero attached hydrogens (tertiary/aromatic N) is 2.